The number of esters is 1. The number of aromatic amines is 1. The first-order valence-electron chi connectivity index (χ1n) is 7.71. The first-order valence-corrected chi connectivity index (χ1v) is 7.71. The van der Waals surface area contributed by atoms with Crippen molar-refractivity contribution >= 4 is 22.8 Å². The van der Waals surface area contributed by atoms with E-state index in [1.165, 1.54) is 0 Å². The molecule has 1 N–H and O–H groups in total. The Hall–Kier alpha value is -2.34. The summed E-state index contributed by atoms with van der Waals surface area (Å²) in [6.45, 7) is 4.64. The van der Waals surface area contributed by atoms with Crippen LogP contribution >= 0.6 is 0 Å². The summed E-state index contributed by atoms with van der Waals surface area (Å²) in [5, 5.41) is 0.790. The lowest BCUT2D eigenvalue weighted by molar-refractivity contribution is -0.146. The normalized spacial score (nSPS) is 21.4. The van der Waals surface area contributed by atoms with Crippen molar-refractivity contribution in [1.29, 1.82) is 0 Å². The molecule has 0 aliphatic carbocycles. The van der Waals surface area contributed by atoms with Crippen molar-refractivity contribution in [3.05, 3.63) is 36.0 Å². The van der Waals surface area contributed by atoms with Gasteiger partial charge in [0.25, 0.3) is 5.91 Å². The quantitative estimate of drug-likeness (QED) is 0.879. The molecule has 122 valence electrons. The molecule has 1 aromatic heterocycles. The summed E-state index contributed by atoms with van der Waals surface area (Å²) in [5.41, 5.74) is 1.30. The van der Waals surface area contributed by atoms with Crippen molar-refractivity contribution in [3.8, 4) is 0 Å². The summed E-state index contributed by atoms with van der Waals surface area (Å²) in [5.74, 6) is -0.689. The van der Waals surface area contributed by atoms with Gasteiger partial charge < -0.3 is 19.4 Å². The zero-order valence-electron chi connectivity index (χ0n) is 13.2. The van der Waals surface area contributed by atoms with Crippen LogP contribution in [0.15, 0.2) is 30.5 Å². The zero-order valence-corrected chi connectivity index (χ0v) is 13.2. The van der Waals surface area contributed by atoms with Gasteiger partial charge in [0, 0.05) is 30.2 Å². The number of amides is 1. The minimum Gasteiger partial charge on any atom is -0.452 e. The van der Waals surface area contributed by atoms with Crippen LogP contribution < -0.4 is 0 Å². The number of hydrogen-bond acceptors (Lipinski definition) is 4. The van der Waals surface area contributed by atoms with Crippen molar-refractivity contribution in [2.24, 2.45) is 0 Å². The number of H-pyrrole nitrogens is 1. The molecule has 1 aromatic carbocycles. The molecule has 3 rings (SSSR count). The number of carbonyl (C=O) groups excluding carboxylic acids is 2. The smallest absolute Gasteiger partial charge is 0.340 e. The van der Waals surface area contributed by atoms with E-state index in [4.69, 9.17) is 9.47 Å². The van der Waals surface area contributed by atoms with Gasteiger partial charge in [-0.3, -0.25) is 4.79 Å². The summed E-state index contributed by atoms with van der Waals surface area (Å²) in [6, 6.07) is 7.47. The van der Waals surface area contributed by atoms with E-state index >= 15 is 0 Å². The van der Waals surface area contributed by atoms with Crippen LogP contribution in [0.3, 0.4) is 0 Å². The molecule has 0 bridgehead atoms. The third-order valence-electron chi connectivity index (χ3n) is 3.91. The Morgan fingerprint density at radius 1 is 1.26 bits per heavy atom. The molecular formula is C17H20N2O4. The molecule has 1 aliphatic heterocycles. The fraction of sp³-hybridized carbons (Fsp3) is 0.412. The Morgan fingerprint density at radius 3 is 2.70 bits per heavy atom. The summed E-state index contributed by atoms with van der Waals surface area (Å²) < 4.78 is 10.8. The van der Waals surface area contributed by atoms with Gasteiger partial charge in [0.1, 0.15) is 0 Å². The second kappa shape index (κ2) is 6.42. The second-order valence-electron chi connectivity index (χ2n) is 5.88. The minimum absolute atomic E-state index is 0.00739. The number of carbonyl (C=O) groups is 2. The molecule has 1 fully saturated rings. The first kappa shape index (κ1) is 15.6. The van der Waals surface area contributed by atoms with Crippen LogP contribution in [0.2, 0.25) is 0 Å². The molecule has 0 unspecified atom stereocenters. The Labute approximate surface area is 134 Å². The number of fused-ring (bicyclic) bond motifs is 1. The van der Waals surface area contributed by atoms with E-state index in [1.807, 2.05) is 38.1 Å². The lowest BCUT2D eigenvalue weighted by Crippen LogP contribution is -2.49. The van der Waals surface area contributed by atoms with Gasteiger partial charge in [0.2, 0.25) is 0 Å². The number of ether oxygens (including phenoxy) is 2. The summed E-state index contributed by atoms with van der Waals surface area (Å²) in [7, 11) is 0. The third kappa shape index (κ3) is 3.37. The average molecular weight is 316 g/mol. The molecule has 1 aliphatic rings. The molecule has 1 amide bonds. The molecule has 6 heteroatoms. The summed E-state index contributed by atoms with van der Waals surface area (Å²) in [6.07, 6.45) is 1.59. The summed E-state index contributed by atoms with van der Waals surface area (Å²) in [4.78, 5) is 29.1. The molecule has 2 heterocycles. The zero-order chi connectivity index (χ0) is 16.4. The van der Waals surface area contributed by atoms with Gasteiger partial charge >= 0.3 is 5.97 Å². The number of benzene rings is 1. The van der Waals surface area contributed by atoms with E-state index in [-0.39, 0.29) is 24.7 Å². The number of nitrogens with zero attached hydrogens (tertiary/aromatic N) is 1. The van der Waals surface area contributed by atoms with Gasteiger partial charge in [-0.15, -0.1) is 0 Å². The first-order chi connectivity index (χ1) is 11.0. The Balaban J connectivity index is 1.61. The van der Waals surface area contributed by atoms with E-state index in [9.17, 15) is 9.59 Å². The number of morpholine rings is 1. The van der Waals surface area contributed by atoms with Gasteiger partial charge in [-0.2, -0.15) is 0 Å². The van der Waals surface area contributed by atoms with Crippen molar-refractivity contribution < 1.29 is 19.1 Å². The standard InChI is InChI=1S/C17H20N2O4/c1-11-8-19(9-12(2)23-11)16(20)10-22-17(21)14-7-18-15-6-4-3-5-13(14)15/h3-7,11-12,18H,8-10H2,1-2H3/t11-,12-/m1/s1. The van der Waals surface area contributed by atoms with Crippen LogP contribution in [0.1, 0.15) is 24.2 Å². The van der Waals surface area contributed by atoms with Crippen molar-refractivity contribution in [2.45, 2.75) is 26.1 Å². The molecule has 0 saturated carbocycles. The average Bonchev–Trinajstić information content (AvgIpc) is 2.95. The SMILES string of the molecule is C[C@@H]1CN(C(=O)COC(=O)c2c[nH]c3ccccc23)C[C@@H](C)O1. The van der Waals surface area contributed by atoms with Gasteiger partial charge in [-0.1, -0.05) is 18.2 Å². The molecule has 2 atom stereocenters. The van der Waals surface area contributed by atoms with Gasteiger partial charge in [-0.25, -0.2) is 4.79 Å². The van der Waals surface area contributed by atoms with Crippen LogP contribution in [0.25, 0.3) is 10.9 Å². The number of para-hydroxylation sites is 1. The number of nitrogens with one attached hydrogen (secondary N) is 1. The van der Waals surface area contributed by atoms with Crippen molar-refractivity contribution in [2.75, 3.05) is 19.7 Å². The van der Waals surface area contributed by atoms with Crippen molar-refractivity contribution in [3.63, 3.8) is 0 Å². The fourth-order valence-corrected chi connectivity index (χ4v) is 2.92. The number of rotatable bonds is 3. The number of hydrogen-bond donors (Lipinski definition) is 1. The maximum Gasteiger partial charge on any atom is 0.340 e. The van der Waals surface area contributed by atoms with Crippen LogP contribution in [0.5, 0.6) is 0 Å². The van der Waals surface area contributed by atoms with E-state index in [0.717, 1.165) is 10.9 Å². The lowest BCUT2D eigenvalue weighted by Gasteiger charge is -2.35. The monoisotopic (exact) mass is 316 g/mol. The second-order valence-corrected chi connectivity index (χ2v) is 5.88. The number of aromatic nitrogens is 1. The van der Waals surface area contributed by atoms with Crippen molar-refractivity contribution in [1.82, 2.24) is 9.88 Å². The van der Waals surface area contributed by atoms with E-state index in [2.05, 4.69) is 4.98 Å². The van der Waals surface area contributed by atoms with Crippen LogP contribution in [0, 0.1) is 0 Å². The lowest BCUT2D eigenvalue weighted by atomic mass is 10.2. The molecular weight excluding hydrogens is 296 g/mol. The Morgan fingerprint density at radius 2 is 1.96 bits per heavy atom. The molecule has 6 nitrogen and oxygen atoms in total. The minimum atomic E-state index is -0.495. The van der Waals surface area contributed by atoms with E-state index < -0.39 is 5.97 Å². The molecule has 0 radical (unpaired) electrons. The molecule has 0 spiro atoms. The summed E-state index contributed by atoms with van der Waals surface area (Å²) >= 11 is 0. The Bertz CT molecular complexity index is 714. The maximum absolute atomic E-state index is 12.2. The molecule has 1 saturated heterocycles. The highest BCUT2D eigenvalue weighted by atomic mass is 16.5. The van der Waals surface area contributed by atoms with E-state index in [1.54, 1.807) is 11.1 Å². The molecule has 23 heavy (non-hydrogen) atoms. The topological polar surface area (TPSA) is 71.6 Å². The maximum atomic E-state index is 12.2. The van der Waals surface area contributed by atoms with Gasteiger partial charge in [0.05, 0.1) is 17.8 Å². The highest BCUT2D eigenvalue weighted by Crippen LogP contribution is 2.18. The van der Waals surface area contributed by atoms with Crippen LogP contribution in [-0.4, -0.2) is 53.7 Å². The van der Waals surface area contributed by atoms with E-state index in [0.29, 0.717) is 18.7 Å². The third-order valence-corrected chi connectivity index (χ3v) is 3.91. The highest BCUT2D eigenvalue weighted by molar-refractivity contribution is 6.04. The van der Waals surface area contributed by atoms with Gasteiger partial charge in [-0.05, 0) is 19.9 Å². The molecule has 2 aromatic rings. The predicted molar refractivity (Wildman–Crippen MR) is 85.2 cm³/mol. The fourth-order valence-electron chi connectivity index (χ4n) is 2.92. The van der Waals surface area contributed by atoms with Crippen LogP contribution in [-0.2, 0) is 14.3 Å². The Kier molecular flexibility index (Phi) is 4.34. The van der Waals surface area contributed by atoms with Gasteiger partial charge in [0.15, 0.2) is 6.61 Å². The predicted octanol–water partition coefficient (Wildman–Crippen LogP) is 1.96. The van der Waals surface area contributed by atoms with Crippen LogP contribution in [0.4, 0.5) is 0 Å². The largest absolute Gasteiger partial charge is 0.452 e. The highest BCUT2D eigenvalue weighted by Gasteiger charge is 2.26.